The van der Waals surface area contributed by atoms with Crippen LogP contribution in [0.4, 0.5) is 11.4 Å². The summed E-state index contributed by atoms with van der Waals surface area (Å²) in [5.41, 5.74) is 1.73. The summed E-state index contributed by atoms with van der Waals surface area (Å²) in [6.07, 6.45) is 3.16. The molecule has 15 heavy (non-hydrogen) atoms. The molecule has 1 N–H and O–H groups in total. The molecule has 2 aromatic rings. The number of nitriles is 1. The quantitative estimate of drug-likeness (QED) is 0.798. The maximum atomic E-state index is 8.52. The highest BCUT2D eigenvalue weighted by Crippen LogP contribution is 2.13. The molecule has 0 saturated carbocycles. The number of nitrogens with one attached hydrogen (secondary N) is 1. The zero-order valence-corrected chi connectivity index (χ0v) is 7.88. The Morgan fingerprint density at radius 3 is 2.27 bits per heavy atom. The molecule has 0 bridgehead atoms. The van der Waals surface area contributed by atoms with Gasteiger partial charge in [0.15, 0.2) is 0 Å². The van der Waals surface area contributed by atoms with Gasteiger partial charge in [-0.05, 0) is 12.1 Å². The second kappa shape index (κ2) is 4.20. The second-order valence-electron chi connectivity index (χ2n) is 2.90. The molecule has 0 aliphatic rings. The van der Waals surface area contributed by atoms with Gasteiger partial charge in [-0.15, -0.1) is 0 Å². The van der Waals surface area contributed by atoms with Crippen LogP contribution < -0.4 is 5.32 Å². The summed E-state index contributed by atoms with van der Waals surface area (Å²) in [4.78, 5) is 7.72. The third-order valence-corrected chi connectivity index (χ3v) is 1.81. The highest BCUT2D eigenvalue weighted by atomic mass is 14.9. The average Bonchev–Trinajstić information content (AvgIpc) is 2.31. The molecule has 1 aromatic carbocycles. The predicted octanol–water partition coefficient (Wildman–Crippen LogP) is 2.09. The van der Waals surface area contributed by atoms with Gasteiger partial charge in [-0.1, -0.05) is 18.2 Å². The fourth-order valence-electron chi connectivity index (χ4n) is 1.14. The first-order chi connectivity index (χ1) is 7.38. The third kappa shape index (κ3) is 2.29. The largest absolute Gasteiger partial charge is 0.353 e. The highest BCUT2D eigenvalue weighted by Gasteiger charge is 1.96. The molecule has 0 aliphatic heterocycles. The van der Waals surface area contributed by atoms with E-state index in [4.69, 9.17) is 5.26 Å². The number of anilines is 2. The first-order valence-corrected chi connectivity index (χ1v) is 4.43. The van der Waals surface area contributed by atoms with Gasteiger partial charge in [0.25, 0.3) is 0 Å². The summed E-state index contributed by atoms with van der Waals surface area (Å²) < 4.78 is 0. The number of hydrogen-bond acceptors (Lipinski definition) is 4. The van der Waals surface area contributed by atoms with Crippen molar-refractivity contribution in [1.82, 2.24) is 9.97 Å². The summed E-state index contributed by atoms with van der Waals surface area (Å²) in [5, 5.41) is 11.6. The van der Waals surface area contributed by atoms with E-state index in [9.17, 15) is 0 Å². The van der Waals surface area contributed by atoms with Crippen molar-refractivity contribution in [2.45, 2.75) is 0 Å². The van der Waals surface area contributed by atoms with Crippen molar-refractivity contribution in [3.8, 4) is 6.07 Å². The number of benzene rings is 1. The van der Waals surface area contributed by atoms with E-state index in [0.29, 0.717) is 0 Å². The van der Waals surface area contributed by atoms with Crippen LogP contribution in [-0.2, 0) is 0 Å². The minimum atomic E-state index is 0.175. The lowest BCUT2D eigenvalue weighted by atomic mass is 10.3. The summed E-state index contributed by atoms with van der Waals surface area (Å²) in [5.74, 6) is 0.175. The lowest BCUT2D eigenvalue weighted by molar-refractivity contribution is 1.11. The van der Waals surface area contributed by atoms with Crippen LogP contribution in [0.1, 0.15) is 5.82 Å². The van der Waals surface area contributed by atoms with Gasteiger partial charge in [0.05, 0.1) is 18.1 Å². The van der Waals surface area contributed by atoms with E-state index in [2.05, 4.69) is 15.3 Å². The Hall–Kier alpha value is -2.41. The number of rotatable bonds is 2. The Balaban J connectivity index is 2.16. The summed E-state index contributed by atoms with van der Waals surface area (Å²) in [6, 6.07) is 11.6. The number of para-hydroxylation sites is 1. The van der Waals surface area contributed by atoms with Gasteiger partial charge in [0.2, 0.25) is 5.82 Å². The molecule has 1 aromatic heterocycles. The molecule has 0 unspecified atom stereocenters. The fraction of sp³-hybridized carbons (Fsp3) is 0. The molecule has 1 heterocycles. The molecule has 72 valence electrons. The van der Waals surface area contributed by atoms with Crippen molar-refractivity contribution < 1.29 is 0 Å². The van der Waals surface area contributed by atoms with Gasteiger partial charge in [-0.2, -0.15) is 5.26 Å². The maximum absolute atomic E-state index is 8.52. The Labute approximate surface area is 87.2 Å². The molecule has 4 nitrogen and oxygen atoms in total. The highest BCUT2D eigenvalue weighted by molar-refractivity contribution is 5.57. The van der Waals surface area contributed by atoms with Gasteiger partial charge >= 0.3 is 0 Å². The van der Waals surface area contributed by atoms with Gasteiger partial charge in [-0.25, -0.2) is 9.97 Å². The van der Waals surface area contributed by atoms with Crippen LogP contribution in [0.2, 0.25) is 0 Å². The molecule has 0 amide bonds. The van der Waals surface area contributed by atoms with E-state index in [-0.39, 0.29) is 5.82 Å². The van der Waals surface area contributed by atoms with Crippen LogP contribution in [0.3, 0.4) is 0 Å². The first kappa shape index (κ1) is 9.16. The van der Waals surface area contributed by atoms with Gasteiger partial charge in [0.1, 0.15) is 6.07 Å². The predicted molar refractivity (Wildman–Crippen MR) is 56.5 cm³/mol. The van der Waals surface area contributed by atoms with Crippen LogP contribution in [-0.4, -0.2) is 9.97 Å². The summed E-state index contributed by atoms with van der Waals surface area (Å²) in [7, 11) is 0. The van der Waals surface area contributed by atoms with E-state index in [0.717, 1.165) is 11.4 Å². The van der Waals surface area contributed by atoms with E-state index in [1.165, 1.54) is 0 Å². The van der Waals surface area contributed by atoms with E-state index >= 15 is 0 Å². The monoisotopic (exact) mass is 196 g/mol. The standard InChI is InChI=1S/C11H8N4/c12-6-11-13-7-10(8-14-11)15-9-4-2-1-3-5-9/h1-5,7-8,15H. The Kier molecular flexibility index (Phi) is 2.56. The smallest absolute Gasteiger partial charge is 0.232 e. The molecule has 2 rings (SSSR count). The van der Waals surface area contributed by atoms with Crippen molar-refractivity contribution in [2.75, 3.05) is 5.32 Å². The van der Waals surface area contributed by atoms with Crippen molar-refractivity contribution in [2.24, 2.45) is 0 Å². The normalized spacial score (nSPS) is 9.27. The van der Waals surface area contributed by atoms with Crippen LogP contribution in [0.15, 0.2) is 42.7 Å². The molecule has 0 fully saturated rings. The number of aromatic nitrogens is 2. The molecular weight excluding hydrogens is 188 g/mol. The van der Waals surface area contributed by atoms with Gasteiger partial charge in [-0.3, -0.25) is 0 Å². The SMILES string of the molecule is N#Cc1ncc(Nc2ccccc2)cn1. The lowest BCUT2D eigenvalue weighted by Gasteiger charge is -2.04. The zero-order chi connectivity index (χ0) is 10.5. The van der Waals surface area contributed by atoms with Crippen molar-refractivity contribution in [3.05, 3.63) is 48.5 Å². The average molecular weight is 196 g/mol. The molecule has 0 radical (unpaired) electrons. The fourth-order valence-corrected chi connectivity index (χ4v) is 1.14. The topological polar surface area (TPSA) is 61.6 Å². The van der Waals surface area contributed by atoms with Crippen LogP contribution in [0, 0.1) is 11.3 Å². The van der Waals surface area contributed by atoms with E-state index < -0.39 is 0 Å². The summed E-state index contributed by atoms with van der Waals surface area (Å²) >= 11 is 0. The number of hydrogen-bond donors (Lipinski definition) is 1. The third-order valence-electron chi connectivity index (χ3n) is 1.81. The molecule has 4 heteroatoms. The van der Waals surface area contributed by atoms with E-state index in [1.54, 1.807) is 12.4 Å². The van der Waals surface area contributed by atoms with Gasteiger partial charge < -0.3 is 5.32 Å². The van der Waals surface area contributed by atoms with Crippen LogP contribution >= 0.6 is 0 Å². The van der Waals surface area contributed by atoms with E-state index in [1.807, 2.05) is 36.4 Å². The second-order valence-corrected chi connectivity index (χ2v) is 2.90. The zero-order valence-electron chi connectivity index (χ0n) is 7.88. The molecule has 0 aliphatic carbocycles. The Morgan fingerprint density at radius 2 is 1.67 bits per heavy atom. The van der Waals surface area contributed by atoms with Gasteiger partial charge in [0, 0.05) is 5.69 Å². The van der Waals surface area contributed by atoms with Crippen LogP contribution in [0.25, 0.3) is 0 Å². The maximum Gasteiger partial charge on any atom is 0.232 e. The minimum Gasteiger partial charge on any atom is -0.353 e. The Bertz CT molecular complexity index is 470. The number of nitrogens with zero attached hydrogens (tertiary/aromatic N) is 3. The lowest BCUT2D eigenvalue weighted by Crippen LogP contribution is -1.94. The molecular formula is C11H8N4. The van der Waals surface area contributed by atoms with Crippen molar-refractivity contribution in [3.63, 3.8) is 0 Å². The Morgan fingerprint density at radius 1 is 1.00 bits per heavy atom. The molecule has 0 saturated heterocycles. The summed E-state index contributed by atoms with van der Waals surface area (Å²) in [6.45, 7) is 0. The first-order valence-electron chi connectivity index (χ1n) is 4.43. The van der Waals surface area contributed by atoms with Crippen molar-refractivity contribution in [1.29, 1.82) is 5.26 Å². The molecule has 0 spiro atoms. The van der Waals surface area contributed by atoms with Crippen molar-refractivity contribution >= 4 is 11.4 Å². The minimum absolute atomic E-state index is 0.175. The molecule has 0 atom stereocenters. The van der Waals surface area contributed by atoms with Crippen LogP contribution in [0.5, 0.6) is 0 Å².